The quantitative estimate of drug-likeness (QED) is 0.805. The minimum absolute atomic E-state index is 0.0765. The molecule has 1 heterocycles. The van der Waals surface area contributed by atoms with Gasteiger partial charge in [-0.1, -0.05) is 6.07 Å². The molecule has 3 N–H and O–H groups in total. The lowest BCUT2D eigenvalue weighted by molar-refractivity contribution is -0.120. The van der Waals surface area contributed by atoms with Gasteiger partial charge in [0.15, 0.2) is 11.5 Å². The number of nitrogens with two attached hydrogens (primary N) is 1. The second kappa shape index (κ2) is 5.05. The van der Waals surface area contributed by atoms with Gasteiger partial charge in [-0.25, -0.2) is 0 Å². The minimum Gasteiger partial charge on any atom is -0.486 e. The van der Waals surface area contributed by atoms with E-state index >= 15 is 0 Å². The van der Waals surface area contributed by atoms with Crippen molar-refractivity contribution >= 4 is 5.91 Å². The van der Waals surface area contributed by atoms with E-state index in [1.807, 2.05) is 18.2 Å². The fraction of sp³-hybridized carbons (Fsp3) is 0.417. The van der Waals surface area contributed by atoms with Crippen molar-refractivity contribution < 1.29 is 14.3 Å². The molecule has 0 bridgehead atoms. The SMILES string of the molecule is CNC(=O)CC(N)c1ccc2c(c1)OCCO2. The largest absolute Gasteiger partial charge is 0.486 e. The summed E-state index contributed by atoms with van der Waals surface area (Å²) >= 11 is 0. The van der Waals surface area contributed by atoms with E-state index in [4.69, 9.17) is 15.2 Å². The topological polar surface area (TPSA) is 73.6 Å². The monoisotopic (exact) mass is 236 g/mol. The predicted molar refractivity (Wildman–Crippen MR) is 63.0 cm³/mol. The molecule has 1 aliphatic rings. The first-order valence-corrected chi connectivity index (χ1v) is 5.56. The molecule has 1 aliphatic heterocycles. The van der Waals surface area contributed by atoms with Crippen molar-refractivity contribution in [1.29, 1.82) is 0 Å². The smallest absolute Gasteiger partial charge is 0.221 e. The van der Waals surface area contributed by atoms with E-state index in [1.54, 1.807) is 7.05 Å². The van der Waals surface area contributed by atoms with Crippen molar-refractivity contribution in [2.75, 3.05) is 20.3 Å². The maximum atomic E-state index is 11.2. The third kappa shape index (κ3) is 2.68. The number of carbonyl (C=O) groups is 1. The highest BCUT2D eigenvalue weighted by molar-refractivity contribution is 5.76. The second-order valence-corrected chi connectivity index (χ2v) is 3.89. The number of amides is 1. The van der Waals surface area contributed by atoms with E-state index in [0.29, 0.717) is 19.0 Å². The highest BCUT2D eigenvalue weighted by Crippen LogP contribution is 2.32. The lowest BCUT2D eigenvalue weighted by Gasteiger charge is -2.20. The molecule has 1 amide bonds. The van der Waals surface area contributed by atoms with Crippen molar-refractivity contribution in [1.82, 2.24) is 5.32 Å². The van der Waals surface area contributed by atoms with Gasteiger partial charge in [0.25, 0.3) is 0 Å². The number of nitrogens with one attached hydrogen (secondary N) is 1. The van der Waals surface area contributed by atoms with Gasteiger partial charge >= 0.3 is 0 Å². The number of carbonyl (C=O) groups excluding carboxylic acids is 1. The fourth-order valence-corrected chi connectivity index (χ4v) is 1.71. The highest BCUT2D eigenvalue weighted by atomic mass is 16.6. The molecule has 0 fully saturated rings. The number of hydrogen-bond acceptors (Lipinski definition) is 4. The molecule has 0 spiro atoms. The molecular formula is C12H16N2O3. The Balaban J connectivity index is 2.13. The van der Waals surface area contributed by atoms with Gasteiger partial charge in [-0.3, -0.25) is 4.79 Å². The zero-order valence-electron chi connectivity index (χ0n) is 9.73. The van der Waals surface area contributed by atoms with Gasteiger partial charge in [-0.15, -0.1) is 0 Å². The van der Waals surface area contributed by atoms with Crippen LogP contribution in [0, 0.1) is 0 Å². The van der Waals surface area contributed by atoms with E-state index < -0.39 is 0 Å². The maximum Gasteiger partial charge on any atom is 0.221 e. The van der Waals surface area contributed by atoms with E-state index in [1.165, 1.54) is 0 Å². The number of hydrogen-bond donors (Lipinski definition) is 2. The summed E-state index contributed by atoms with van der Waals surface area (Å²) in [5, 5.41) is 2.55. The Kier molecular flexibility index (Phi) is 3.49. The number of fused-ring (bicyclic) bond motifs is 1. The first-order chi connectivity index (χ1) is 8.20. The first-order valence-electron chi connectivity index (χ1n) is 5.56. The van der Waals surface area contributed by atoms with Gasteiger partial charge in [0, 0.05) is 19.5 Å². The summed E-state index contributed by atoms with van der Waals surface area (Å²) in [4.78, 5) is 11.2. The number of rotatable bonds is 3. The molecule has 0 aromatic heterocycles. The van der Waals surface area contributed by atoms with Crippen molar-refractivity contribution in [3.63, 3.8) is 0 Å². The van der Waals surface area contributed by atoms with Crippen molar-refractivity contribution in [2.24, 2.45) is 5.73 Å². The molecule has 5 heteroatoms. The Morgan fingerprint density at radius 1 is 1.41 bits per heavy atom. The number of benzene rings is 1. The van der Waals surface area contributed by atoms with Crippen LogP contribution in [-0.2, 0) is 4.79 Å². The van der Waals surface area contributed by atoms with Gasteiger partial charge in [-0.2, -0.15) is 0 Å². The summed E-state index contributed by atoms with van der Waals surface area (Å²) in [5.74, 6) is 1.35. The summed E-state index contributed by atoms with van der Waals surface area (Å²) < 4.78 is 10.9. The summed E-state index contributed by atoms with van der Waals surface area (Å²) in [5.41, 5.74) is 6.82. The zero-order valence-corrected chi connectivity index (χ0v) is 9.73. The molecule has 0 radical (unpaired) electrons. The number of ether oxygens (including phenoxy) is 2. The van der Waals surface area contributed by atoms with Gasteiger partial charge in [0.2, 0.25) is 5.91 Å². The Bertz CT molecular complexity index is 420. The lowest BCUT2D eigenvalue weighted by Crippen LogP contribution is -2.24. The van der Waals surface area contributed by atoms with Crippen LogP contribution in [0.5, 0.6) is 11.5 Å². The molecule has 1 aromatic carbocycles. The predicted octanol–water partition coefficient (Wildman–Crippen LogP) is 0.594. The maximum absolute atomic E-state index is 11.2. The van der Waals surface area contributed by atoms with Crippen molar-refractivity contribution in [3.05, 3.63) is 23.8 Å². The van der Waals surface area contributed by atoms with Crippen LogP contribution >= 0.6 is 0 Å². The average molecular weight is 236 g/mol. The second-order valence-electron chi connectivity index (χ2n) is 3.89. The van der Waals surface area contributed by atoms with Crippen LogP contribution < -0.4 is 20.5 Å². The van der Waals surface area contributed by atoms with Crippen molar-refractivity contribution in [2.45, 2.75) is 12.5 Å². The highest BCUT2D eigenvalue weighted by Gasteiger charge is 2.16. The van der Waals surface area contributed by atoms with Gasteiger partial charge in [-0.05, 0) is 17.7 Å². The standard InChI is InChI=1S/C12H16N2O3/c1-14-12(15)7-9(13)8-2-3-10-11(6-8)17-5-4-16-10/h2-3,6,9H,4-5,7,13H2,1H3,(H,14,15). The Labute approximate surface area is 99.9 Å². The van der Waals surface area contributed by atoms with Crippen LogP contribution in [0.2, 0.25) is 0 Å². The van der Waals surface area contributed by atoms with E-state index in [-0.39, 0.29) is 18.4 Å². The Hall–Kier alpha value is -1.75. The summed E-state index contributed by atoms with van der Waals surface area (Å²) in [6.45, 7) is 1.11. The molecule has 0 saturated heterocycles. The molecular weight excluding hydrogens is 220 g/mol. The third-order valence-electron chi connectivity index (χ3n) is 2.68. The van der Waals surface area contributed by atoms with Crippen LogP contribution in [0.1, 0.15) is 18.0 Å². The third-order valence-corrected chi connectivity index (χ3v) is 2.68. The van der Waals surface area contributed by atoms with E-state index in [0.717, 1.165) is 11.3 Å². The Morgan fingerprint density at radius 2 is 2.12 bits per heavy atom. The van der Waals surface area contributed by atoms with Crippen LogP contribution in [0.3, 0.4) is 0 Å². The molecule has 0 saturated carbocycles. The van der Waals surface area contributed by atoms with E-state index in [9.17, 15) is 4.79 Å². The molecule has 2 rings (SSSR count). The minimum atomic E-state index is -0.328. The fourth-order valence-electron chi connectivity index (χ4n) is 1.71. The lowest BCUT2D eigenvalue weighted by atomic mass is 10.0. The van der Waals surface area contributed by atoms with Crippen molar-refractivity contribution in [3.8, 4) is 11.5 Å². The molecule has 17 heavy (non-hydrogen) atoms. The van der Waals surface area contributed by atoms with Gasteiger partial charge in [0.05, 0.1) is 0 Å². The average Bonchev–Trinajstić information content (AvgIpc) is 2.38. The summed E-state index contributed by atoms with van der Waals surface area (Å²) in [6, 6.07) is 5.20. The van der Waals surface area contributed by atoms with E-state index in [2.05, 4.69) is 5.32 Å². The molecule has 0 aliphatic carbocycles. The molecule has 1 atom stereocenters. The summed E-state index contributed by atoms with van der Waals surface area (Å²) in [6.07, 6.45) is 0.260. The molecule has 1 aromatic rings. The van der Waals surface area contributed by atoms with Gasteiger partial charge in [0.1, 0.15) is 13.2 Å². The summed E-state index contributed by atoms with van der Waals surface area (Å²) in [7, 11) is 1.60. The molecule has 92 valence electrons. The molecule has 1 unspecified atom stereocenters. The van der Waals surface area contributed by atoms with Gasteiger partial charge < -0.3 is 20.5 Å². The molecule has 5 nitrogen and oxygen atoms in total. The normalized spacial score (nSPS) is 15.2. The van der Waals surface area contributed by atoms with Crippen LogP contribution in [0.15, 0.2) is 18.2 Å². The first kappa shape index (κ1) is 11.7. The van der Waals surface area contributed by atoms with Crippen LogP contribution in [-0.4, -0.2) is 26.2 Å². The van der Waals surface area contributed by atoms with Crippen LogP contribution in [0.25, 0.3) is 0 Å². The zero-order chi connectivity index (χ0) is 12.3. The van der Waals surface area contributed by atoms with Crippen LogP contribution in [0.4, 0.5) is 0 Å². The Morgan fingerprint density at radius 3 is 2.82 bits per heavy atom.